The molecule has 0 amide bonds. The maximum atomic E-state index is 12.0. The van der Waals surface area contributed by atoms with Crippen LogP contribution >= 0.6 is 65.9 Å². The minimum absolute atomic E-state index is 0. The number of pyridine rings is 3. The second-order valence-electron chi connectivity index (χ2n) is 23.8. The van der Waals surface area contributed by atoms with Crippen LogP contribution in [0, 0.1) is 0 Å². The van der Waals surface area contributed by atoms with Crippen LogP contribution < -0.4 is 34.3 Å². The third-order valence-corrected chi connectivity index (χ3v) is 23.1. The van der Waals surface area contributed by atoms with Crippen molar-refractivity contribution in [2.24, 2.45) is 0 Å². The van der Waals surface area contributed by atoms with Crippen molar-refractivity contribution in [2.45, 2.75) is 97.1 Å². The number of nitrogens with one attached hydrogen (secondary N) is 2. The average Bonchev–Trinajstić information content (AvgIpc) is 1.73. The Morgan fingerprint density at radius 2 is 0.990 bits per heavy atom. The van der Waals surface area contributed by atoms with Crippen LogP contribution in [0.3, 0.4) is 0 Å². The second-order valence-corrected chi connectivity index (χ2v) is 31.6. The zero-order chi connectivity index (χ0) is 66.4. The van der Waals surface area contributed by atoms with Gasteiger partial charge in [-0.15, -0.1) is 34.0 Å². The van der Waals surface area contributed by atoms with Gasteiger partial charge in [0.25, 0.3) is 0 Å². The predicted octanol–water partition coefficient (Wildman–Crippen LogP) is 12.5. The number of thiophene rings is 3. The number of sulfonamides is 2. The molecule has 0 radical (unpaired) electrons. The average molecular weight is 1550 g/mol. The number of nitrogen functional groups attached to an aromatic ring is 1. The molecule has 5 aliphatic rings. The number of hydrogen-bond donors (Lipinski definition) is 3. The van der Waals surface area contributed by atoms with Crippen LogP contribution in [0.5, 0.6) is 17.6 Å². The molecule has 25 nitrogen and oxygen atoms in total. The van der Waals surface area contributed by atoms with Gasteiger partial charge in [-0.1, -0.05) is 21.3 Å². The van der Waals surface area contributed by atoms with E-state index in [2.05, 4.69) is 76.3 Å². The van der Waals surface area contributed by atoms with Crippen molar-refractivity contribution in [1.82, 2.24) is 54.7 Å². The number of hydrogen-bond acceptors (Lipinski definition) is 26. The monoisotopic (exact) mass is 1550 g/mol. The van der Waals surface area contributed by atoms with Gasteiger partial charge in [0.1, 0.15) is 23.0 Å². The molecule has 0 bridgehead atoms. The fourth-order valence-electron chi connectivity index (χ4n) is 12.4. The van der Waals surface area contributed by atoms with Gasteiger partial charge in [0.05, 0.1) is 109 Å². The molecule has 0 aliphatic carbocycles. The highest BCUT2D eigenvalue weighted by molar-refractivity contribution is 9.11. The minimum Gasteiger partial charge on any atom is -0.480 e. The summed E-state index contributed by atoms with van der Waals surface area (Å²) < 4.78 is 89.6. The number of anilines is 4. The first-order chi connectivity index (χ1) is 45.9. The molecule has 0 atom stereocenters. The van der Waals surface area contributed by atoms with Gasteiger partial charge in [0, 0.05) is 116 Å². The third kappa shape index (κ3) is 17.7. The van der Waals surface area contributed by atoms with Crippen LogP contribution in [0.15, 0.2) is 61.9 Å². The lowest BCUT2D eigenvalue weighted by Crippen LogP contribution is -2.46. The van der Waals surface area contributed by atoms with Crippen molar-refractivity contribution in [1.29, 1.82) is 0 Å². The van der Waals surface area contributed by atoms with Crippen molar-refractivity contribution in [3.05, 3.63) is 79.1 Å². The molecular weight excluding hydrogens is 1470 g/mol. The molecule has 0 spiro atoms. The first kappa shape index (κ1) is 73.5. The zero-order valence-corrected chi connectivity index (χ0v) is 60.6. The molecule has 0 unspecified atom stereocenters. The maximum absolute atomic E-state index is 12.0. The van der Waals surface area contributed by atoms with Crippen LogP contribution in [0.1, 0.15) is 102 Å². The van der Waals surface area contributed by atoms with Gasteiger partial charge in [-0.2, -0.15) is 0 Å². The van der Waals surface area contributed by atoms with E-state index < -0.39 is 20.0 Å². The molecular formula is C65H83Br2N15O10S5. The number of aromatic nitrogens is 9. The summed E-state index contributed by atoms with van der Waals surface area (Å²) in [5, 5.41) is 6.22. The van der Waals surface area contributed by atoms with E-state index in [9.17, 15) is 16.8 Å². The quantitative estimate of drug-likeness (QED) is 0.0809. The van der Waals surface area contributed by atoms with E-state index in [4.69, 9.17) is 64.1 Å². The lowest BCUT2D eigenvalue weighted by molar-refractivity contribution is 0.0836. The maximum Gasteiger partial charge on any atom is 0.238 e. The van der Waals surface area contributed by atoms with Crippen molar-refractivity contribution < 1.29 is 45.3 Å². The number of fused-ring (bicyclic) bond motifs is 3. The van der Waals surface area contributed by atoms with Crippen LogP contribution in [0.25, 0.3) is 64.4 Å². The SMILES string of the molecule is C.C.COc1ncc(-c2nc(C3CCOCC3)nc3c(Br)csc23)cc1N.COc1ncc(-c2nc(C3CCOCC3)nc3c(Br)csc23)cc1NS(C)(=O)=O.COc1ncc(-c2nc(N3CCOCC3)nc3c(CN4CCC(N5CCCCC5)CC4)csc23)cc1NS(C)(=O)=O. The Kier molecular flexibility index (Phi) is 24.9. The number of morpholine rings is 1. The Morgan fingerprint density at radius 1 is 0.546 bits per heavy atom. The van der Waals surface area contributed by atoms with E-state index in [1.165, 1.54) is 76.3 Å². The summed E-state index contributed by atoms with van der Waals surface area (Å²) in [4.78, 5) is 49.9. The number of methoxy groups -OCH3 is 3. The smallest absolute Gasteiger partial charge is 0.238 e. The second kappa shape index (κ2) is 32.9. The van der Waals surface area contributed by atoms with Crippen LogP contribution in [-0.4, -0.2) is 190 Å². The normalized spacial score (nSPS) is 17.1. The van der Waals surface area contributed by atoms with Gasteiger partial charge in [0.2, 0.25) is 43.6 Å². The Bertz CT molecular complexity index is 4420. The summed E-state index contributed by atoms with van der Waals surface area (Å²) in [5.74, 6) is 3.64. The van der Waals surface area contributed by atoms with Crippen molar-refractivity contribution in [3.8, 4) is 51.4 Å². The molecule has 5 fully saturated rings. The number of ether oxygens (including phenoxy) is 6. The summed E-state index contributed by atoms with van der Waals surface area (Å²) in [6.07, 6.45) is 17.4. The molecule has 0 saturated carbocycles. The Balaban J connectivity index is 0.000000162. The zero-order valence-electron chi connectivity index (χ0n) is 53.3. The van der Waals surface area contributed by atoms with Crippen molar-refractivity contribution >= 4 is 140 Å². The molecule has 0 aromatic carbocycles. The lowest BCUT2D eigenvalue weighted by atomic mass is 9.99. The number of nitrogens with zero attached hydrogens (tertiary/aromatic N) is 12. The Hall–Kier alpha value is -6.17. The first-order valence-corrected chi connectivity index (χ1v) is 39.4. The molecule has 5 saturated heterocycles. The fourth-order valence-corrected chi connectivity index (χ4v) is 17.7. The highest BCUT2D eigenvalue weighted by Crippen LogP contribution is 2.43. The molecule has 14 rings (SSSR count). The van der Waals surface area contributed by atoms with Gasteiger partial charge in [-0.3, -0.25) is 14.3 Å². The summed E-state index contributed by atoms with van der Waals surface area (Å²) in [6, 6.07) is 6.00. The molecule has 522 valence electrons. The molecule has 5 aliphatic heterocycles. The number of piperidine rings is 2. The summed E-state index contributed by atoms with van der Waals surface area (Å²) in [7, 11) is -2.56. The van der Waals surface area contributed by atoms with Gasteiger partial charge in [-0.05, 0) is 133 Å². The molecule has 9 aromatic rings. The van der Waals surface area contributed by atoms with Gasteiger partial charge < -0.3 is 44.0 Å². The number of likely N-dealkylation sites (tertiary alicyclic amines) is 2. The van der Waals surface area contributed by atoms with E-state index in [0.717, 1.165) is 158 Å². The lowest BCUT2D eigenvalue weighted by Gasteiger charge is -2.40. The summed E-state index contributed by atoms with van der Waals surface area (Å²) in [6.45, 7) is 11.1. The minimum atomic E-state index is -3.53. The number of rotatable bonds is 16. The van der Waals surface area contributed by atoms with E-state index in [1.54, 1.807) is 60.5 Å². The fraction of sp³-hybridized carbons (Fsp3) is 0.492. The van der Waals surface area contributed by atoms with E-state index in [0.29, 0.717) is 67.0 Å². The summed E-state index contributed by atoms with van der Waals surface area (Å²) in [5.41, 5.74) is 15.6. The standard InChI is InChI=1S/C28H39N7O4S2.C18H19BrN4O4S2.C17H17BrN4O2S.2CH4/c1-38-27-23(32-41(2,36)37)16-20(17-29-27)24-26-25(31-28(30-24)35-12-14-39-15-13-35)21(19-40-26)18-33-10-6-22(7-11-33)34-8-4-3-5-9-34;1-26-18-13(23-29(2,24)25)7-11(8-20-18)14-16-15(12(19)9-28-16)22-17(21-14)10-3-5-27-6-4-10;1-23-17-12(19)6-10(7-20-17)13-15-14(11(18)8-25-15)22-16(21-13)9-2-4-24-5-3-9;;/h16-17,19,22,32H,3-15,18H2,1-2H3;7-10,23H,3-6H2,1-2H3;6-9H,2-5,19H2,1H3;2*1H4. The van der Waals surface area contributed by atoms with Crippen molar-refractivity contribution in [3.63, 3.8) is 0 Å². The van der Waals surface area contributed by atoms with Crippen LogP contribution in [0.2, 0.25) is 0 Å². The van der Waals surface area contributed by atoms with E-state index in [1.807, 2.05) is 16.8 Å². The molecule has 4 N–H and O–H groups in total. The van der Waals surface area contributed by atoms with Crippen LogP contribution in [-0.2, 0) is 40.8 Å². The topological polar surface area (TPSA) is 299 Å². The number of halogens is 2. The first-order valence-electron chi connectivity index (χ1n) is 31.4. The highest BCUT2D eigenvalue weighted by Gasteiger charge is 2.30. The van der Waals surface area contributed by atoms with E-state index in [-0.39, 0.29) is 43.9 Å². The van der Waals surface area contributed by atoms with E-state index >= 15 is 0 Å². The predicted molar refractivity (Wildman–Crippen MR) is 394 cm³/mol. The molecule has 9 aromatic heterocycles. The molecule has 97 heavy (non-hydrogen) atoms. The summed E-state index contributed by atoms with van der Waals surface area (Å²) >= 11 is 11.9. The molecule has 14 heterocycles. The Labute approximate surface area is 595 Å². The van der Waals surface area contributed by atoms with Gasteiger partial charge in [-0.25, -0.2) is 61.7 Å². The Morgan fingerprint density at radius 3 is 1.46 bits per heavy atom. The number of nitrogens with two attached hydrogens (primary N) is 1. The van der Waals surface area contributed by atoms with Gasteiger partial charge >= 0.3 is 0 Å². The molecule has 32 heteroatoms. The van der Waals surface area contributed by atoms with Crippen LogP contribution in [0.4, 0.5) is 23.0 Å². The highest BCUT2D eigenvalue weighted by atomic mass is 79.9. The largest absolute Gasteiger partial charge is 0.480 e. The van der Waals surface area contributed by atoms with Crippen molar-refractivity contribution in [2.75, 3.05) is 133 Å². The van der Waals surface area contributed by atoms with Gasteiger partial charge in [0.15, 0.2) is 0 Å². The third-order valence-electron chi connectivity index (χ3n) is 17.2.